The highest BCUT2D eigenvalue weighted by Crippen LogP contribution is 2.38. The minimum Gasteiger partial charge on any atom is -0.496 e. The van der Waals surface area contributed by atoms with Gasteiger partial charge in [0.25, 0.3) is 0 Å². The van der Waals surface area contributed by atoms with Crippen LogP contribution in [0.15, 0.2) is 72.8 Å². The molecule has 0 spiro atoms. The van der Waals surface area contributed by atoms with Crippen molar-refractivity contribution in [2.45, 2.75) is 52.2 Å². The van der Waals surface area contributed by atoms with Crippen molar-refractivity contribution in [2.75, 3.05) is 14.2 Å². The van der Waals surface area contributed by atoms with E-state index < -0.39 is 37.2 Å². The predicted octanol–water partition coefficient (Wildman–Crippen LogP) is 5.09. The summed E-state index contributed by atoms with van der Waals surface area (Å²) in [6.07, 6.45) is -3.13. The van der Waals surface area contributed by atoms with E-state index in [1.54, 1.807) is 14.2 Å². The van der Waals surface area contributed by atoms with Crippen LogP contribution < -0.4 is 20.1 Å². The Labute approximate surface area is 268 Å². The summed E-state index contributed by atoms with van der Waals surface area (Å²) in [5.41, 5.74) is 9.92. The van der Waals surface area contributed by atoms with Gasteiger partial charge in [-0.15, -0.1) is 0 Å². The van der Waals surface area contributed by atoms with Gasteiger partial charge in [-0.3, -0.25) is 20.2 Å². The molecular weight excluding hydrogens is 588 g/mol. The molecule has 0 radical (unpaired) electrons. The van der Waals surface area contributed by atoms with Crippen LogP contribution in [0.1, 0.15) is 35.1 Å². The van der Waals surface area contributed by atoms with E-state index in [0.29, 0.717) is 11.5 Å². The van der Waals surface area contributed by atoms with E-state index in [2.05, 4.69) is 48.7 Å². The zero-order valence-electron chi connectivity index (χ0n) is 26.3. The molecule has 4 aromatic carbocycles. The lowest BCUT2D eigenvalue weighted by Gasteiger charge is -2.18. The number of carbonyl (C=O) groups is 2. The molecule has 0 aromatic heterocycles. The lowest BCUT2D eigenvalue weighted by molar-refractivity contribution is -0.140. The van der Waals surface area contributed by atoms with Crippen molar-refractivity contribution < 1.29 is 39.5 Å². The molecule has 0 aliphatic rings. The van der Waals surface area contributed by atoms with E-state index in [1.165, 1.54) is 0 Å². The Morgan fingerprint density at radius 3 is 1.35 bits per heavy atom. The molecule has 4 rings (SSSR count). The van der Waals surface area contributed by atoms with Gasteiger partial charge in [-0.1, -0.05) is 60.7 Å². The Bertz CT molecular complexity index is 1580. The average molecular weight is 629 g/mol. The number of methoxy groups -OCH3 is 2. The van der Waals surface area contributed by atoms with E-state index in [1.807, 2.05) is 48.5 Å². The molecule has 46 heavy (non-hydrogen) atoms. The molecule has 0 amide bonds. The third-order valence-electron chi connectivity index (χ3n) is 7.95. The highest BCUT2D eigenvalue weighted by Gasteiger charge is 2.17. The zero-order valence-corrected chi connectivity index (χ0v) is 26.3. The van der Waals surface area contributed by atoms with Crippen molar-refractivity contribution in [3.63, 3.8) is 0 Å². The lowest BCUT2D eigenvalue weighted by Crippen LogP contribution is -2.30. The predicted molar refractivity (Wildman–Crippen MR) is 176 cm³/mol. The quantitative estimate of drug-likeness (QED) is 0.0981. The van der Waals surface area contributed by atoms with Crippen LogP contribution in [0.25, 0.3) is 33.4 Å². The summed E-state index contributed by atoms with van der Waals surface area (Å²) in [6, 6.07) is 24.1. The number of ether oxygens (including phenoxy) is 2. The summed E-state index contributed by atoms with van der Waals surface area (Å²) in [6.45, 7) is 4.67. The summed E-state index contributed by atoms with van der Waals surface area (Å²) in [5, 5.41) is 43.2. The second-order valence-corrected chi connectivity index (χ2v) is 11.0. The minimum absolute atomic E-state index is 0.248. The molecule has 0 fully saturated rings. The number of carboxylic acids is 2. The highest BCUT2D eigenvalue weighted by molar-refractivity contribution is 5.84. The molecule has 0 aliphatic carbocycles. The SMILES string of the molecule is COc1cc(-c2cccc(-c3cccc(-c4ccc(CNC(O)CC(=O)O)c(OC)c4)c3C)c2C)ccc1CNC(O)CC(=O)O. The van der Waals surface area contributed by atoms with Crippen molar-refractivity contribution in [3.8, 4) is 44.9 Å². The number of hydrogen-bond acceptors (Lipinski definition) is 8. The summed E-state index contributed by atoms with van der Waals surface area (Å²) < 4.78 is 11.3. The molecule has 0 aliphatic heterocycles. The molecule has 6 N–H and O–H groups in total. The van der Waals surface area contributed by atoms with E-state index in [9.17, 15) is 19.8 Å². The van der Waals surface area contributed by atoms with E-state index in [0.717, 1.165) is 55.6 Å². The monoisotopic (exact) mass is 628 g/mol. The molecule has 2 atom stereocenters. The van der Waals surface area contributed by atoms with E-state index in [4.69, 9.17) is 19.7 Å². The molecule has 10 heteroatoms. The van der Waals surface area contributed by atoms with E-state index >= 15 is 0 Å². The van der Waals surface area contributed by atoms with Crippen molar-refractivity contribution in [1.82, 2.24) is 10.6 Å². The van der Waals surface area contributed by atoms with Crippen LogP contribution in [-0.2, 0) is 22.7 Å². The molecule has 2 unspecified atom stereocenters. The fraction of sp³-hybridized carbons (Fsp3) is 0.278. The number of nitrogens with one attached hydrogen (secondary N) is 2. The van der Waals surface area contributed by atoms with Crippen LogP contribution in [0, 0.1) is 13.8 Å². The van der Waals surface area contributed by atoms with Gasteiger partial charge in [-0.2, -0.15) is 0 Å². The third-order valence-corrected chi connectivity index (χ3v) is 7.95. The maximum absolute atomic E-state index is 10.9. The topological polar surface area (TPSA) is 158 Å². The van der Waals surface area contributed by atoms with Crippen LogP contribution in [0.5, 0.6) is 11.5 Å². The third kappa shape index (κ3) is 8.29. The standard InChI is InChI=1S/C36H40N2O8/c1-21-27(23-11-13-25(31(15-23)45-3)19-37-33(39)17-35(41)42)7-5-9-29(21)30-10-6-8-28(22(30)2)24-12-14-26(32(16-24)46-4)20-38-34(40)18-36(43)44/h5-16,33-34,37-40H,17-20H2,1-4H3,(H,41,42)(H,43,44). The van der Waals surface area contributed by atoms with Gasteiger partial charge in [0.1, 0.15) is 24.0 Å². The van der Waals surface area contributed by atoms with Gasteiger partial charge in [0.05, 0.1) is 27.1 Å². The number of rotatable bonds is 15. The molecule has 0 heterocycles. The summed E-state index contributed by atoms with van der Waals surface area (Å²) in [4.78, 5) is 21.7. The smallest absolute Gasteiger partial charge is 0.307 e. The minimum atomic E-state index is -1.17. The van der Waals surface area contributed by atoms with Crippen molar-refractivity contribution >= 4 is 11.9 Å². The average Bonchev–Trinajstić information content (AvgIpc) is 3.02. The fourth-order valence-electron chi connectivity index (χ4n) is 5.53. The van der Waals surface area contributed by atoms with Crippen LogP contribution in [0.2, 0.25) is 0 Å². The zero-order chi connectivity index (χ0) is 33.4. The second-order valence-electron chi connectivity index (χ2n) is 11.0. The first-order chi connectivity index (χ1) is 22.0. The number of benzene rings is 4. The van der Waals surface area contributed by atoms with Crippen molar-refractivity contribution in [1.29, 1.82) is 0 Å². The maximum Gasteiger partial charge on any atom is 0.307 e. The van der Waals surface area contributed by atoms with Gasteiger partial charge in [-0.05, 0) is 70.5 Å². The molecule has 0 bridgehead atoms. The second kappa shape index (κ2) is 15.5. The van der Waals surface area contributed by atoms with Gasteiger partial charge in [0.2, 0.25) is 0 Å². The van der Waals surface area contributed by atoms with E-state index in [-0.39, 0.29) is 13.1 Å². The number of hydrogen-bond donors (Lipinski definition) is 6. The Balaban J connectivity index is 1.62. The fourth-order valence-corrected chi connectivity index (χ4v) is 5.53. The molecule has 0 saturated carbocycles. The summed E-state index contributed by atoms with van der Waals surface area (Å²) in [7, 11) is 3.16. The number of carboxylic acid groups (broad SMARTS) is 2. The van der Waals surface area contributed by atoms with Gasteiger partial charge in [0, 0.05) is 24.2 Å². The Kier molecular flexibility index (Phi) is 11.5. The molecule has 242 valence electrons. The molecule has 0 saturated heterocycles. The molecule has 4 aromatic rings. The molecular formula is C36H40N2O8. The van der Waals surface area contributed by atoms with Crippen LogP contribution >= 0.6 is 0 Å². The number of aliphatic hydroxyl groups excluding tert-OH is 2. The Morgan fingerprint density at radius 2 is 1.00 bits per heavy atom. The molecule has 10 nitrogen and oxygen atoms in total. The van der Waals surface area contributed by atoms with Gasteiger partial charge < -0.3 is 29.9 Å². The van der Waals surface area contributed by atoms with Crippen LogP contribution in [-0.4, -0.2) is 59.0 Å². The van der Waals surface area contributed by atoms with Gasteiger partial charge in [0.15, 0.2) is 0 Å². The first-order valence-electron chi connectivity index (χ1n) is 14.8. The first-order valence-corrected chi connectivity index (χ1v) is 14.8. The van der Waals surface area contributed by atoms with Crippen LogP contribution in [0.3, 0.4) is 0 Å². The first kappa shape index (κ1) is 34.1. The Morgan fingerprint density at radius 1 is 0.630 bits per heavy atom. The van der Waals surface area contributed by atoms with Crippen molar-refractivity contribution in [3.05, 3.63) is 95.1 Å². The number of aliphatic hydroxyl groups is 2. The Hall–Kier alpha value is -4.74. The van der Waals surface area contributed by atoms with Gasteiger partial charge >= 0.3 is 11.9 Å². The highest BCUT2D eigenvalue weighted by atomic mass is 16.5. The largest absolute Gasteiger partial charge is 0.496 e. The van der Waals surface area contributed by atoms with Crippen molar-refractivity contribution in [2.24, 2.45) is 0 Å². The summed E-state index contributed by atoms with van der Waals surface area (Å²) >= 11 is 0. The van der Waals surface area contributed by atoms with Gasteiger partial charge in [-0.25, -0.2) is 0 Å². The summed E-state index contributed by atoms with van der Waals surface area (Å²) in [5.74, 6) is -0.923. The maximum atomic E-state index is 10.9. The lowest BCUT2D eigenvalue weighted by atomic mass is 9.87. The van der Waals surface area contributed by atoms with Crippen LogP contribution in [0.4, 0.5) is 0 Å². The number of aliphatic carboxylic acids is 2. The normalized spacial score (nSPS) is 12.4.